The largest absolute Gasteiger partial charge is 0.390 e. The molecule has 1 aromatic carbocycles. The first-order chi connectivity index (χ1) is 11.2. The van der Waals surface area contributed by atoms with E-state index in [1.54, 1.807) is 10.9 Å². The van der Waals surface area contributed by atoms with Crippen LogP contribution < -0.4 is 4.90 Å². The molecule has 0 aliphatic carbocycles. The molecule has 23 heavy (non-hydrogen) atoms. The van der Waals surface area contributed by atoms with E-state index in [1.807, 2.05) is 12.3 Å². The van der Waals surface area contributed by atoms with Crippen molar-refractivity contribution in [1.29, 1.82) is 0 Å². The zero-order valence-corrected chi connectivity index (χ0v) is 13.8. The number of likely N-dealkylation sites (N-methyl/N-ethyl adjacent to an activating group) is 1. The maximum Gasteiger partial charge on any atom is 0.0862 e. The summed E-state index contributed by atoms with van der Waals surface area (Å²) in [7, 11) is 2.12. The number of hydrogen-bond acceptors (Lipinski definition) is 4. The molecule has 0 spiro atoms. The van der Waals surface area contributed by atoms with Gasteiger partial charge in [-0.2, -0.15) is 5.10 Å². The van der Waals surface area contributed by atoms with Crippen molar-refractivity contribution in [2.24, 2.45) is 0 Å². The van der Waals surface area contributed by atoms with Gasteiger partial charge in [-0.15, -0.1) is 0 Å². The molecule has 1 aliphatic rings. The fourth-order valence-electron chi connectivity index (χ4n) is 3.35. The van der Waals surface area contributed by atoms with Crippen LogP contribution >= 0.6 is 0 Å². The summed E-state index contributed by atoms with van der Waals surface area (Å²) in [6.07, 6.45) is 5.62. The van der Waals surface area contributed by atoms with Gasteiger partial charge in [0.15, 0.2) is 0 Å². The summed E-state index contributed by atoms with van der Waals surface area (Å²) in [5, 5.41) is 14.4. The molecule has 1 aromatic heterocycles. The lowest BCUT2D eigenvalue weighted by Crippen LogP contribution is -2.49. The quantitative estimate of drug-likeness (QED) is 0.884. The van der Waals surface area contributed by atoms with Gasteiger partial charge in [0.05, 0.1) is 12.6 Å². The summed E-state index contributed by atoms with van der Waals surface area (Å²) in [6, 6.07) is 13.0. The van der Waals surface area contributed by atoms with E-state index >= 15 is 0 Å². The van der Waals surface area contributed by atoms with E-state index in [9.17, 15) is 5.11 Å². The number of para-hydroxylation sites is 1. The first-order valence-electron chi connectivity index (χ1n) is 8.38. The van der Waals surface area contributed by atoms with Gasteiger partial charge in [-0.1, -0.05) is 18.2 Å². The highest BCUT2D eigenvalue weighted by Crippen LogP contribution is 2.21. The van der Waals surface area contributed by atoms with Crippen molar-refractivity contribution in [3.63, 3.8) is 0 Å². The minimum atomic E-state index is -0.396. The maximum atomic E-state index is 10.3. The maximum absolute atomic E-state index is 10.3. The van der Waals surface area contributed by atoms with Crippen molar-refractivity contribution in [3.05, 3.63) is 48.8 Å². The number of benzene rings is 1. The van der Waals surface area contributed by atoms with Crippen molar-refractivity contribution in [2.45, 2.75) is 31.5 Å². The van der Waals surface area contributed by atoms with Gasteiger partial charge in [-0.05, 0) is 38.1 Å². The second kappa shape index (κ2) is 7.62. The van der Waals surface area contributed by atoms with E-state index in [4.69, 9.17) is 0 Å². The second-order valence-electron chi connectivity index (χ2n) is 6.40. The van der Waals surface area contributed by atoms with Crippen molar-refractivity contribution < 1.29 is 5.11 Å². The third-order valence-corrected chi connectivity index (χ3v) is 4.60. The van der Waals surface area contributed by atoms with Crippen molar-refractivity contribution >= 4 is 5.69 Å². The summed E-state index contributed by atoms with van der Waals surface area (Å²) in [4.78, 5) is 4.74. The van der Waals surface area contributed by atoms with Crippen molar-refractivity contribution in [1.82, 2.24) is 14.7 Å². The average molecular weight is 314 g/mol. The molecule has 5 heteroatoms. The third kappa shape index (κ3) is 4.33. The zero-order chi connectivity index (χ0) is 16.1. The van der Waals surface area contributed by atoms with Crippen LogP contribution in [0.2, 0.25) is 0 Å². The van der Waals surface area contributed by atoms with Gasteiger partial charge in [0.1, 0.15) is 0 Å². The zero-order valence-electron chi connectivity index (χ0n) is 13.8. The van der Waals surface area contributed by atoms with Gasteiger partial charge in [-0.25, -0.2) is 0 Å². The second-order valence-corrected chi connectivity index (χ2v) is 6.40. The molecule has 1 N–H and O–H groups in total. The lowest BCUT2D eigenvalue weighted by molar-refractivity contribution is 0.0835. The van der Waals surface area contributed by atoms with Gasteiger partial charge in [0.25, 0.3) is 0 Å². The fourth-order valence-corrected chi connectivity index (χ4v) is 3.35. The average Bonchev–Trinajstić information content (AvgIpc) is 3.08. The minimum absolute atomic E-state index is 0.396. The summed E-state index contributed by atoms with van der Waals surface area (Å²) in [5.41, 5.74) is 1.29. The van der Waals surface area contributed by atoms with E-state index in [-0.39, 0.29) is 0 Å². The molecule has 1 fully saturated rings. The predicted molar refractivity (Wildman–Crippen MR) is 92.5 cm³/mol. The number of rotatable bonds is 6. The monoisotopic (exact) mass is 314 g/mol. The molecule has 0 bridgehead atoms. The lowest BCUT2D eigenvalue weighted by atomic mass is 10.0. The molecule has 0 unspecified atom stereocenters. The van der Waals surface area contributed by atoms with Crippen LogP contribution in [0.5, 0.6) is 0 Å². The summed E-state index contributed by atoms with van der Waals surface area (Å²) in [5.74, 6) is 0. The number of hydrogen-bond donors (Lipinski definition) is 1. The Morgan fingerprint density at radius 1 is 1.30 bits per heavy atom. The Kier molecular flexibility index (Phi) is 5.31. The van der Waals surface area contributed by atoms with Crippen molar-refractivity contribution in [2.75, 3.05) is 31.6 Å². The standard InChI is InChI=1S/C18H26N4O/c1-20(14-18(23)15-22-12-6-10-19-22)17-9-5-11-21(13-17)16-7-3-2-4-8-16/h2-4,6-8,10,12,17-18,23H,5,9,11,13-15H2,1H3/t17-,18+/m0/s1. The Morgan fingerprint density at radius 2 is 2.13 bits per heavy atom. The molecule has 2 aromatic rings. The molecule has 0 saturated carbocycles. The molecule has 0 radical (unpaired) electrons. The normalized spacial score (nSPS) is 20.0. The van der Waals surface area contributed by atoms with Gasteiger partial charge in [0, 0.05) is 43.8 Å². The summed E-state index contributed by atoms with van der Waals surface area (Å²) < 4.78 is 1.79. The number of anilines is 1. The Hall–Kier alpha value is -1.85. The molecule has 1 aliphatic heterocycles. The van der Waals surface area contributed by atoms with Crippen LogP contribution in [0.4, 0.5) is 5.69 Å². The molecule has 2 atom stereocenters. The van der Waals surface area contributed by atoms with E-state index in [2.05, 4.69) is 52.3 Å². The Morgan fingerprint density at radius 3 is 2.87 bits per heavy atom. The van der Waals surface area contributed by atoms with Crippen molar-refractivity contribution in [3.8, 4) is 0 Å². The molecule has 1 saturated heterocycles. The number of aromatic nitrogens is 2. The number of aliphatic hydroxyl groups is 1. The molecule has 2 heterocycles. The highest BCUT2D eigenvalue weighted by molar-refractivity contribution is 5.46. The van der Waals surface area contributed by atoms with Gasteiger partial charge < -0.3 is 10.0 Å². The molecular formula is C18H26N4O. The third-order valence-electron chi connectivity index (χ3n) is 4.60. The molecule has 124 valence electrons. The van der Waals surface area contributed by atoms with Crippen LogP contribution in [0.25, 0.3) is 0 Å². The minimum Gasteiger partial charge on any atom is -0.390 e. The van der Waals surface area contributed by atoms with Crippen LogP contribution in [0.3, 0.4) is 0 Å². The first-order valence-corrected chi connectivity index (χ1v) is 8.38. The predicted octanol–water partition coefficient (Wildman–Crippen LogP) is 1.84. The van der Waals surface area contributed by atoms with Gasteiger partial charge in [-0.3, -0.25) is 9.58 Å². The van der Waals surface area contributed by atoms with Crippen LogP contribution in [0.15, 0.2) is 48.8 Å². The van der Waals surface area contributed by atoms with Gasteiger partial charge in [0.2, 0.25) is 0 Å². The smallest absolute Gasteiger partial charge is 0.0862 e. The number of nitrogens with zero attached hydrogens (tertiary/aromatic N) is 4. The van der Waals surface area contributed by atoms with E-state index in [0.29, 0.717) is 19.1 Å². The van der Waals surface area contributed by atoms with E-state index < -0.39 is 6.10 Å². The Labute approximate surface area is 138 Å². The van der Waals surface area contributed by atoms with Crippen LogP contribution in [0, 0.1) is 0 Å². The fraction of sp³-hybridized carbons (Fsp3) is 0.500. The topological polar surface area (TPSA) is 44.5 Å². The Balaban J connectivity index is 1.53. The molecule has 3 rings (SSSR count). The van der Waals surface area contributed by atoms with E-state index in [0.717, 1.165) is 13.1 Å². The van der Waals surface area contributed by atoms with Crippen LogP contribution in [0.1, 0.15) is 12.8 Å². The molecular weight excluding hydrogens is 288 g/mol. The highest BCUT2D eigenvalue weighted by atomic mass is 16.3. The SMILES string of the molecule is CN(C[C@@H](O)Cn1cccn1)[C@H]1CCCN(c2ccccc2)C1. The number of piperidine rings is 1. The highest BCUT2D eigenvalue weighted by Gasteiger charge is 2.24. The summed E-state index contributed by atoms with van der Waals surface area (Å²) >= 11 is 0. The number of aliphatic hydroxyl groups excluding tert-OH is 1. The van der Waals surface area contributed by atoms with Crippen LogP contribution in [-0.4, -0.2) is 58.6 Å². The molecule has 0 amide bonds. The van der Waals surface area contributed by atoms with E-state index in [1.165, 1.54) is 18.5 Å². The van der Waals surface area contributed by atoms with Crippen LogP contribution in [-0.2, 0) is 6.54 Å². The van der Waals surface area contributed by atoms with Gasteiger partial charge >= 0.3 is 0 Å². The first kappa shape index (κ1) is 16.0. The molecule has 5 nitrogen and oxygen atoms in total. The Bertz CT molecular complexity index is 572. The summed E-state index contributed by atoms with van der Waals surface area (Å²) in [6.45, 7) is 3.36. The lowest BCUT2D eigenvalue weighted by Gasteiger charge is -2.39.